The molecular weight excluding hydrogens is 288 g/mol. The van der Waals surface area contributed by atoms with Crippen LogP contribution in [0.1, 0.15) is 48.4 Å². The standard InChI is InChI=1S/C16H16O6/c1-8(17)9-5-10-11(15(20)22-16(2,3)4)6-14(19)21-13(10)7-12(9)18/h5-7,18H,1-4H3. The molecule has 1 heterocycles. The second-order valence-corrected chi connectivity index (χ2v) is 5.90. The third-order valence-electron chi connectivity index (χ3n) is 2.86. The van der Waals surface area contributed by atoms with Crippen LogP contribution in [0.3, 0.4) is 0 Å². The molecule has 1 N–H and O–H groups in total. The molecule has 0 saturated heterocycles. The molecule has 0 aliphatic heterocycles. The van der Waals surface area contributed by atoms with Crippen LogP contribution in [0.25, 0.3) is 11.0 Å². The number of carbonyl (C=O) groups is 2. The molecule has 0 radical (unpaired) electrons. The molecule has 22 heavy (non-hydrogen) atoms. The second-order valence-electron chi connectivity index (χ2n) is 5.90. The van der Waals surface area contributed by atoms with Crippen molar-refractivity contribution in [2.45, 2.75) is 33.3 Å². The monoisotopic (exact) mass is 304 g/mol. The van der Waals surface area contributed by atoms with Crippen LogP contribution in [0.2, 0.25) is 0 Å². The average Bonchev–Trinajstić information content (AvgIpc) is 2.34. The van der Waals surface area contributed by atoms with Crippen LogP contribution in [0.4, 0.5) is 0 Å². The normalized spacial score (nSPS) is 11.5. The number of ether oxygens (including phenoxy) is 1. The first kappa shape index (κ1) is 15.8. The molecule has 1 aromatic heterocycles. The van der Waals surface area contributed by atoms with Gasteiger partial charge in [0, 0.05) is 17.5 Å². The molecule has 2 aromatic rings. The molecule has 0 atom stereocenters. The van der Waals surface area contributed by atoms with Crippen molar-refractivity contribution in [2.75, 3.05) is 0 Å². The summed E-state index contributed by atoms with van der Waals surface area (Å²) in [6.45, 7) is 6.38. The van der Waals surface area contributed by atoms with E-state index in [0.717, 1.165) is 12.1 Å². The highest BCUT2D eigenvalue weighted by Gasteiger charge is 2.22. The van der Waals surface area contributed by atoms with Gasteiger partial charge in [0.2, 0.25) is 0 Å². The topological polar surface area (TPSA) is 93.8 Å². The van der Waals surface area contributed by atoms with Crippen LogP contribution in [0.15, 0.2) is 27.4 Å². The maximum absolute atomic E-state index is 12.2. The van der Waals surface area contributed by atoms with E-state index in [1.165, 1.54) is 13.0 Å². The Morgan fingerprint density at radius 3 is 2.32 bits per heavy atom. The Hall–Kier alpha value is -2.63. The van der Waals surface area contributed by atoms with Crippen molar-refractivity contribution in [1.29, 1.82) is 0 Å². The SMILES string of the molecule is CC(=O)c1cc2c(C(=O)OC(C)(C)C)cc(=O)oc2cc1O. The largest absolute Gasteiger partial charge is 0.507 e. The summed E-state index contributed by atoms with van der Waals surface area (Å²) in [5.41, 5.74) is -1.45. The van der Waals surface area contributed by atoms with Crippen molar-refractivity contribution in [2.24, 2.45) is 0 Å². The number of esters is 1. The minimum atomic E-state index is -0.747. The predicted octanol–water partition coefficient (Wildman–Crippen LogP) is 2.66. The van der Waals surface area contributed by atoms with Crippen LogP contribution in [0.5, 0.6) is 5.75 Å². The molecule has 1 aromatic carbocycles. The Bertz CT molecular complexity index is 823. The van der Waals surface area contributed by atoms with Gasteiger partial charge in [-0.15, -0.1) is 0 Å². The van der Waals surface area contributed by atoms with Crippen molar-refractivity contribution in [1.82, 2.24) is 0 Å². The second kappa shape index (κ2) is 5.29. The first-order chi connectivity index (χ1) is 10.1. The average molecular weight is 304 g/mol. The van der Waals surface area contributed by atoms with E-state index < -0.39 is 17.2 Å². The smallest absolute Gasteiger partial charge is 0.339 e. The zero-order valence-corrected chi connectivity index (χ0v) is 12.7. The summed E-state index contributed by atoms with van der Waals surface area (Å²) in [5.74, 6) is -1.39. The van der Waals surface area contributed by atoms with Gasteiger partial charge in [-0.25, -0.2) is 9.59 Å². The van der Waals surface area contributed by atoms with Gasteiger partial charge in [0.05, 0.1) is 11.1 Å². The zero-order valence-electron chi connectivity index (χ0n) is 12.7. The Morgan fingerprint density at radius 1 is 1.14 bits per heavy atom. The van der Waals surface area contributed by atoms with E-state index in [1.807, 2.05) is 0 Å². The van der Waals surface area contributed by atoms with Gasteiger partial charge >= 0.3 is 11.6 Å². The minimum Gasteiger partial charge on any atom is -0.507 e. The van der Waals surface area contributed by atoms with Crippen LogP contribution in [0, 0.1) is 0 Å². The number of phenolic OH excluding ortho intramolecular Hbond substituents is 1. The van der Waals surface area contributed by atoms with Gasteiger partial charge in [0.15, 0.2) is 5.78 Å². The van der Waals surface area contributed by atoms with Crippen molar-refractivity contribution in [3.63, 3.8) is 0 Å². The van der Waals surface area contributed by atoms with Crippen molar-refractivity contribution >= 4 is 22.7 Å². The Kier molecular flexibility index (Phi) is 3.79. The summed E-state index contributed by atoms with van der Waals surface area (Å²) in [7, 11) is 0. The summed E-state index contributed by atoms with van der Waals surface area (Å²) < 4.78 is 10.2. The van der Waals surface area contributed by atoms with E-state index in [0.29, 0.717) is 0 Å². The molecule has 0 amide bonds. The molecule has 2 rings (SSSR count). The summed E-state index contributed by atoms with van der Waals surface area (Å²) >= 11 is 0. The molecular formula is C16H16O6. The van der Waals surface area contributed by atoms with Crippen LogP contribution in [-0.2, 0) is 4.74 Å². The van der Waals surface area contributed by atoms with E-state index in [4.69, 9.17) is 9.15 Å². The van der Waals surface area contributed by atoms with Gasteiger partial charge in [-0.05, 0) is 33.8 Å². The van der Waals surface area contributed by atoms with Gasteiger partial charge in [0.1, 0.15) is 16.9 Å². The maximum atomic E-state index is 12.2. The number of hydrogen-bond acceptors (Lipinski definition) is 6. The third kappa shape index (κ3) is 3.16. The molecule has 0 aliphatic carbocycles. The van der Waals surface area contributed by atoms with Gasteiger partial charge in [-0.2, -0.15) is 0 Å². The minimum absolute atomic E-state index is 0.0101. The number of hydrogen-bond donors (Lipinski definition) is 1. The van der Waals surface area contributed by atoms with E-state index in [-0.39, 0.29) is 33.6 Å². The highest BCUT2D eigenvalue weighted by atomic mass is 16.6. The number of fused-ring (bicyclic) bond motifs is 1. The van der Waals surface area contributed by atoms with Crippen LogP contribution in [-0.4, -0.2) is 22.5 Å². The fourth-order valence-electron chi connectivity index (χ4n) is 1.98. The van der Waals surface area contributed by atoms with E-state index in [1.54, 1.807) is 20.8 Å². The number of Topliss-reactive ketones (excluding diaryl/α,β-unsaturated/α-hetero) is 1. The predicted molar refractivity (Wildman–Crippen MR) is 79.3 cm³/mol. The number of carbonyl (C=O) groups excluding carboxylic acids is 2. The van der Waals surface area contributed by atoms with Gasteiger partial charge in [0.25, 0.3) is 0 Å². The zero-order chi connectivity index (χ0) is 16.7. The quantitative estimate of drug-likeness (QED) is 0.521. The molecule has 0 unspecified atom stereocenters. The van der Waals surface area contributed by atoms with E-state index in [9.17, 15) is 19.5 Å². The van der Waals surface area contributed by atoms with Crippen LogP contribution >= 0.6 is 0 Å². The Morgan fingerprint density at radius 2 is 1.77 bits per heavy atom. The first-order valence-corrected chi connectivity index (χ1v) is 6.63. The molecule has 0 fully saturated rings. The van der Waals surface area contributed by atoms with E-state index in [2.05, 4.69) is 0 Å². The molecule has 0 spiro atoms. The molecule has 116 valence electrons. The number of aromatic hydroxyl groups is 1. The molecule has 0 bridgehead atoms. The van der Waals surface area contributed by atoms with Crippen molar-refractivity contribution in [3.05, 3.63) is 39.7 Å². The summed E-state index contributed by atoms with van der Waals surface area (Å²) in [6, 6.07) is 3.47. The number of benzene rings is 1. The highest BCUT2D eigenvalue weighted by molar-refractivity contribution is 6.07. The fraction of sp³-hybridized carbons (Fsp3) is 0.312. The lowest BCUT2D eigenvalue weighted by Gasteiger charge is -2.19. The molecule has 6 heteroatoms. The van der Waals surface area contributed by atoms with Gasteiger partial charge in [-0.1, -0.05) is 0 Å². The number of ketones is 1. The maximum Gasteiger partial charge on any atom is 0.339 e. The molecule has 0 aliphatic rings. The summed E-state index contributed by atoms with van der Waals surface area (Å²) in [5, 5.41) is 10.0. The fourth-order valence-corrected chi connectivity index (χ4v) is 1.98. The van der Waals surface area contributed by atoms with Gasteiger partial charge < -0.3 is 14.3 Å². The first-order valence-electron chi connectivity index (χ1n) is 6.63. The highest BCUT2D eigenvalue weighted by Crippen LogP contribution is 2.27. The summed E-state index contributed by atoms with van der Waals surface area (Å²) in [4.78, 5) is 35.3. The number of rotatable bonds is 2. The summed E-state index contributed by atoms with van der Waals surface area (Å²) in [6.07, 6.45) is 0. The third-order valence-corrected chi connectivity index (χ3v) is 2.86. The molecule has 0 saturated carbocycles. The lowest BCUT2D eigenvalue weighted by atomic mass is 10.0. The van der Waals surface area contributed by atoms with E-state index >= 15 is 0 Å². The Balaban J connectivity index is 2.72. The van der Waals surface area contributed by atoms with Crippen LogP contribution < -0.4 is 5.63 Å². The van der Waals surface area contributed by atoms with Crippen molar-refractivity contribution < 1.29 is 23.8 Å². The lowest BCUT2D eigenvalue weighted by molar-refractivity contribution is 0.00709. The lowest BCUT2D eigenvalue weighted by Crippen LogP contribution is -2.24. The Labute approximate surface area is 126 Å². The van der Waals surface area contributed by atoms with Gasteiger partial charge in [-0.3, -0.25) is 4.79 Å². The van der Waals surface area contributed by atoms with Crippen molar-refractivity contribution in [3.8, 4) is 5.75 Å². The number of phenols is 1. The molecule has 6 nitrogen and oxygen atoms in total.